The normalized spacial score (nSPS) is 10.9. The van der Waals surface area contributed by atoms with Crippen LogP contribution in [0.25, 0.3) is 17.1 Å². The number of halogens is 1. The lowest BCUT2D eigenvalue weighted by Crippen LogP contribution is -1.94. The van der Waals surface area contributed by atoms with Crippen molar-refractivity contribution < 1.29 is 4.52 Å². The lowest BCUT2D eigenvalue weighted by Gasteiger charge is -2.05. The van der Waals surface area contributed by atoms with Gasteiger partial charge in [-0.1, -0.05) is 51.0 Å². The molecular formula is C18H13BrN4OS. The zero-order valence-corrected chi connectivity index (χ0v) is 15.4. The van der Waals surface area contributed by atoms with Gasteiger partial charge in [-0.05, 0) is 36.4 Å². The summed E-state index contributed by atoms with van der Waals surface area (Å²) in [5.41, 5.74) is 2.00. The third kappa shape index (κ3) is 3.67. The van der Waals surface area contributed by atoms with E-state index < -0.39 is 0 Å². The van der Waals surface area contributed by atoms with E-state index in [0.717, 1.165) is 20.9 Å². The summed E-state index contributed by atoms with van der Waals surface area (Å²) in [6.45, 7) is 0. The zero-order chi connectivity index (χ0) is 17.1. The number of aromatic nitrogens is 4. The highest BCUT2D eigenvalue weighted by atomic mass is 79.9. The molecular weight excluding hydrogens is 400 g/mol. The molecule has 0 radical (unpaired) electrons. The highest BCUT2D eigenvalue weighted by molar-refractivity contribution is 9.10. The summed E-state index contributed by atoms with van der Waals surface area (Å²) in [7, 11) is 0. The predicted molar refractivity (Wildman–Crippen MR) is 101 cm³/mol. The summed E-state index contributed by atoms with van der Waals surface area (Å²) < 4.78 is 8.42. The monoisotopic (exact) mass is 412 g/mol. The van der Waals surface area contributed by atoms with Crippen molar-refractivity contribution in [1.29, 1.82) is 0 Å². The first kappa shape index (κ1) is 16.1. The maximum Gasteiger partial charge on any atom is 0.237 e. The SMILES string of the molecule is Brc1ccc(-c2noc(CSc3nccn3-c3ccccc3)n2)cc1. The first-order valence-electron chi connectivity index (χ1n) is 7.60. The Morgan fingerprint density at radius 1 is 1.04 bits per heavy atom. The van der Waals surface area contributed by atoms with Crippen LogP contribution < -0.4 is 0 Å². The van der Waals surface area contributed by atoms with E-state index in [1.54, 1.807) is 18.0 Å². The number of hydrogen-bond acceptors (Lipinski definition) is 5. The minimum Gasteiger partial charge on any atom is -0.338 e. The number of hydrogen-bond donors (Lipinski definition) is 0. The number of benzene rings is 2. The summed E-state index contributed by atoms with van der Waals surface area (Å²) in [5.74, 6) is 1.73. The van der Waals surface area contributed by atoms with Gasteiger partial charge >= 0.3 is 0 Å². The third-order valence-electron chi connectivity index (χ3n) is 3.54. The number of nitrogens with zero attached hydrogens (tertiary/aromatic N) is 4. The van der Waals surface area contributed by atoms with E-state index >= 15 is 0 Å². The van der Waals surface area contributed by atoms with E-state index in [9.17, 15) is 0 Å². The van der Waals surface area contributed by atoms with Crippen molar-refractivity contribution in [3.8, 4) is 17.1 Å². The Bertz CT molecular complexity index is 966. The molecule has 0 unspecified atom stereocenters. The molecule has 2 heterocycles. The van der Waals surface area contributed by atoms with Crippen LogP contribution in [0.2, 0.25) is 0 Å². The molecule has 25 heavy (non-hydrogen) atoms. The summed E-state index contributed by atoms with van der Waals surface area (Å²) in [6.07, 6.45) is 3.73. The van der Waals surface area contributed by atoms with Crippen molar-refractivity contribution in [2.75, 3.05) is 0 Å². The van der Waals surface area contributed by atoms with Crippen molar-refractivity contribution >= 4 is 27.7 Å². The first-order chi connectivity index (χ1) is 12.3. The fourth-order valence-electron chi connectivity index (χ4n) is 2.34. The van der Waals surface area contributed by atoms with Crippen molar-refractivity contribution in [3.63, 3.8) is 0 Å². The quantitative estimate of drug-likeness (QED) is 0.432. The van der Waals surface area contributed by atoms with Crippen LogP contribution in [0, 0.1) is 0 Å². The van der Waals surface area contributed by atoms with Gasteiger partial charge < -0.3 is 4.52 Å². The minimum absolute atomic E-state index is 0.563. The topological polar surface area (TPSA) is 56.7 Å². The minimum atomic E-state index is 0.563. The maximum absolute atomic E-state index is 5.36. The van der Waals surface area contributed by atoms with Crippen molar-refractivity contribution in [2.45, 2.75) is 10.9 Å². The average molecular weight is 413 g/mol. The van der Waals surface area contributed by atoms with E-state index in [-0.39, 0.29) is 0 Å². The largest absolute Gasteiger partial charge is 0.338 e. The molecule has 0 aliphatic carbocycles. The van der Waals surface area contributed by atoms with Crippen LogP contribution in [0.15, 0.2) is 81.1 Å². The Balaban J connectivity index is 1.48. The van der Waals surface area contributed by atoms with Gasteiger partial charge in [0.2, 0.25) is 11.7 Å². The van der Waals surface area contributed by atoms with Gasteiger partial charge in [0.05, 0.1) is 5.75 Å². The van der Waals surface area contributed by atoms with Crippen LogP contribution in [0.3, 0.4) is 0 Å². The highest BCUT2D eigenvalue weighted by Crippen LogP contribution is 2.25. The molecule has 2 aromatic carbocycles. The Morgan fingerprint density at radius 3 is 2.64 bits per heavy atom. The molecule has 0 aliphatic heterocycles. The smallest absolute Gasteiger partial charge is 0.237 e. The number of rotatable bonds is 5. The summed E-state index contributed by atoms with van der Waals surface area (Å²) in [5, 5.41) is 4.94. The van der Waals surface area contributed by atoms with E-state index in [1.165, 1.54) is 0 Å². The molecule has 0 aliphatic rings. The Morgan fingerprint density at radius 2 is 1.84 bits per heavy atom. The lowest BCUT2D eigenvalue weighted by atomic mass is 10.2. The molecule has 124 valence electrons. The predicted octanol–water partition coefficient (Wildman–Crippen LogP) is 4.98. The van der Waals surface area contributed by atoms with Crippen LogP contribution in [-0.4, -0.2) is 19.7 Å². The van der Waals surface area contributed by atoms with E-state index in [0.29, 0.717) is 17.5 Å². The van der Waals surface area contributed by atoms with Crippen LogP contribution in [0.1, 0.15) is 5.89 Å². The molecule has 0 saturated heterocycles. The zero-order valence-electron chi connectivity index (χ0n) is 13.0. The molecule has 0 spiro atoms. The van der Waals surface area contributed by atoms with Gasteiger partial charge in [-0.2, -0.15) is 4.98 Å². The standard InChI is InChI=1S/C18H13BrN4OS/c19-14-8-6-13(7-9-14)17-21-16(24-22-17)12-25-18-20-10-11-23(18)15-4-2-1-3-5-15/h1-11H,12H2. The molecule has 0 N–H and O–H groups in total. The van der Waals surface area contributed by atoms with Crippen LogP contribution in [0.5, 0.6) is 0 Å². The Labute approximate surface area is 157 Å². The number of thioether (sulfide) groups is 1. The van der Waals surface area contributed by atoms with Gasteiger partial charge in [0.25, 0.3) is 0 Å². The molecule has 0 bridgehead atoms. The van der Waals surface area contributed by atoms with E-state index in [4.69, 9.17) is 4.52 Å². The lowest BCUT2D eigenvalue weighted by molar-refractivity contribution is 0.391. The van der Waals surface area contributed by atoms with Crippen LogP contribution in [0.4, 0.5) is 0 Å². The summed E-state index contributed by atoms with van der Waals surface area (Å²) >= 11 is 4.98. The molecule has 4 rings (SSSR count). The third-order valence-corrected chi connectivity index (χ3v) is 5.02. The molecule has 0 atom stereocenters. The Hall–Kier alpha value is -2.38. The molecule has 0 amide bonds. The van der Waals surface area contributed by atoms with Crippen molar-refractivity contribution in [2.24, 2.45) is 0 Å². The highest BCUT2D eigenvalue weighted by Gasteiger charge is 2.11. The fraction of sp³-hybridized carbons (Fsp3) is 0.0556. The molecule has 0 saturated carbocycles. The molecule has 4 aromatic rings. The van der Waals surface area contributed by atoms with Crippen molar-refractivity contribution in [1.82, 2.24) is 19.7 Å². The van der Waals surface area contributed by atoms with Crippen molar-refractivity contribution in [3.05, 3.63) is 77.4 Å². The molecule has 0 fully saturated rings. The van der Waals surface area contributed by atoms with Crippen LogP contribution >= 0.6 is 27.7 Å². The fourth-order valence-corrected chi connectivity index (χ4v) is 3.41. The second kappa shape index (κ2) is 7.25. The van der Waals surface area contributed by atoms with Gasteiger partial charge in [-0.3, -0.25) is 4.57 Å². The Kier molecular flexibility index (Phi) is 4.67. The number of para-hydroxylation sites is 1. The van der Waals surface area contributed by atoms with Gasteiger partial charge in [-0.25, -0.2) is 4.98 Å². The van der Waals surface area contributed by atoms with Gasteiger partial charge in [0.15, 0.2) is 5.16 Å². The first-order valence-corrected chi connectivity index (χ1v) is 9.37. The molecule has 7 heteroatoms. The maximum atomic E-state index is 5.36. The van der Waals surface area contributed by atoms with E-state index in [2.05, 4.69) is 31.1 Å². The van der Waals surface area contributed by atoms with Crippen LogP contribution in [-0.2, 0) is 5.75 Å². The second-order valence-electron chi connectivity index (χ2n) is 5.22. The van der Waals surface area contributed by atoms with E-state index in [1.807, 2.05) is 65.4 Å². The summed E-state index contributed by atoms with van der Waals surface area (Å²) in [6, 6.07) is 17.9. The van der Waals surface area contributed by atoms with Gasteiger partial charge in [-0.15, -0.1) is 0 Å². The van der Waals surface area contributed by atoms with Gasteiger partial charge in [0, 0.05) is 28.1 Å². The molecule has 2 aromatic heterocycles. The second-order valence-corrected chi connectivity index (χ2v) is 7.08. The number of imidazole rings is 1. The van der Waals surface area contributed by atoms with Gasteiger partial charge in [0.1, 0.15) is 0 Å². The molecule has 5 nitrogen and oxygen atoms in total. The summed E-state index contributed by atoms with van der Waals surface area (Å²) in [4.78, 5) is 8.87. The average Bonchev–Trinajstić information content (AvgIpc) is 3.31.